The predicted octanol–water partition coefficient (Wildman–Crippen LogP) is 0.986. The molecule has 0 aromatic heterocycles. The maximum atomic E-state index is 9.90. The number of thioether (sulfide) groups is 2. The van der Waals surface area contributed by atoms with Crippen molar-refractivity contribution in [3.63, 3.8) is 0 Å². The fraction of sp³-hybridized carbons (Fsp3) is 0.500. The molecule has 0 saturated carbocycles. The number of hydrogen-bond donors (Lipinski definition) is 4. The van der Waals surface area contributed by atoms with Crippen LogP contribution in [0, 0.1) is 0 Å². The van der Waals surface area contributed by atoms with Gasteiger partial charge < -0.3 is 15.3 Å². The summed E-state index contributed by atoms with van der Waals surface area (Å²) in [5.41, 5.74) is 0.0747. The first kappa shape index (κ1) is 15.2. The Hall–Kier alpha value is -0.730. The summed E-state index contributed by atoms with van der Waals surface area (Å²) in [7, 11) is 0. The molecule has 1 aromatic rings. The van der Waals surface area contributed by atoms with Gasteiger partial charge in [0.05, 0.1) is 17.0 Å². The molecule has 0 radical (unpaired) electrons. The van der Waals surface area contributed by atoms with Crippen molar-refractivity contribution >= 4 is 28.6 Å². The van der Waals surface area contributed by atoms with Crippen LogP contribution in [0.3, 0.4) is 0 Å². The first-order valence-corrected chi connectivity index (χ1v) is 8.77. The molecule has 5 nitrogen and oxygen atoms in total. The summed E-state index contributed by atoms with van der Waals surface area (Å²) < 4.78 is 0. The quantitative estimate of drug-likeness (QED) is 0.620. The number of aliphatic imine (C=N–C) groups is 1. The fourth-order valence-corrected chi connectivity index (χ4v) is 5.12. The monoisotopic (exact) mass is 326 g/mol. The van der Waals surface area contributed by atoms with Crippen LogP contribution in [0.4, 0.5) is 0 Å². The number of nitrogens with zero attached hydrogens (tertiary/aromatic N) is 1. The van der Waals surface area contributed by atoms with Gasteiger partial charge in [-0.3, -0.25) is 10.3 Å². The molecule has 2 heterocycles. The van der Waals surface area contributed by atoms with Crippen molar-refractivity contribution in [3.05, 3.63) is 29.8 Å². The zero-order valence-corrected chi connectivity index (χ0v) is 13.2. The molecular weight excluding hydrogens is 308 g/mol. The summed E-state index contributed by atoms with van der Waals surface area (Å²) in [6.45, 7) is 1.81. The van der Waals surface area contributed by atoms with E-state index in [9.17, 15) is 15.3 Å². The zero-order chi connectivity index (χ0) is 15.0. The fourth-order valence-electron chi connectivity index (χ4n) is 2.37. The minimum Gasteiger partial charge on any atom is -0.507 e. The highest BCUT2D eigenvalue weighted by Gasteiger charge is 2.44. The van der Waals surface area contributed by atoms with E-state index >= 15 is 0 Å². The van der Waals surface area contributed by atoms with Gasteiger partial charge in [0.25, 0.3) is 0 Å². The van der Waals surface area contributed by atoms with Crippen molar-refractivity contribution in [1.82, 2.24) is 5.32 Å². The number of aliphatic hydroxyl groups excluding tert-OH is 1. The van der Waals surface area contributed by atoms with Gasteiger partial charge in [-0.1, -0.05) is 12.1 Å². The van der Waals surface area contributed by atoms with E-state index in [0.717, 1.165) is 16.4 Å². The molecule has 4 N–H and O–H groups in total. The molecule has 1 fully saturated rings. The van der Waals surface area contributed by atoms with Crippen molar-refractivity contribution < 1.29 is 15.3 Å². The smallest absolute Gasteiger partial charge is 0.170 e. The van der Waals surface area contributed by atoms with E-state index in [0.29, 0.717) is 5.75 Å². The van der Waals surface area contributed by atoms with Gasteiger partial charge in [-0.15, -0.1) is 23.5 Å². The lowest BCUT2D eigenvalue weighted by atomic mass is 10.0. The van der Waals surface area contributed by atoms with Gasteiger partial charge in [0.2, 0.25) is 0 Å². The second-order valence-corrected chi connectivity index (χ2v) is 7.64. The van der Waals surface area contributed by atoms with Crippen LogP contribution in [0.15, 0.2) is 29.3 Å². The van der Waals surface area contributed by atoms with E-state index in [1.54, 1.807) is 42.6 Å². The van der Waals surface area contributed by atoms with E-state index in [1.165, 1.54) is 0 Å². The van der Waals surface area contributed by atoms with Gasteiger partial charge in [-0.05, 0) is 19.1 Å². The third-order valence-electron chi connectivity index (χ3n) is 3.76. The number of rotatable bonds is 3. The molecule has 7 heteroatoms. The van der Waals surface area contributed by atoms with Crippen molar-refractivity contribution in [2.75, 3.05) is 11.5 Å². The Kier molecular flexibility index (Phi) is 4.20. The lowest BCUT2D eigenvalue weighted by Crippen LogP contribution is -2.53. The molecule has 2 aliphatic rings. The van der Waals surface area contributed by atoms with Crippen molar-refractivity contribution in [1.29, 1.82) is 0 Å². The van der Waals surface area contributed by atoms with Crippen LogP contribution >= 0.6 is 23.5 Å². The van der Waals surface area contributed by atoms with Gasteiger partial charge in [0.15, 0.2) is 6.29 Å². The Bertz CT molecular complexity index is 567. The molecule has 21 heavy (non-hydrogen) atoms. The number of para-hydroxylation sites is 1. The minimum atomic E-state index is -1.38. The second-order valence-electron chi connectivity index (χ2n) is 5.50. The molecule has 2 aliphatic heterocycles. The molecular formula is C14H18N2O3S2. The summed E-state index contributed by atoms with van der Waals surface area (Å²) in [5, 5.41) is 33.0. The molecule has 0 bridgehead atoms. The Morgan fingerprint density at radius 1 is 1.38 bits per heavy atom. The highest BCUT2D eigenvalue weighted by atomic mass is 32.2. The number of nitrogens with one attached hydrogen (secondary N) is 1. The van der Waals surface area contributed by atoms with Crippen LogP contribution in [0.25, 0.3) is 0 Å². The van der Waals surface area contributed by atoms with Crippen molar-refractivity contribution in [3.8, 4) is 5.75 Å². The van der Waals surface area contributed by atoms with Crippen LogP contribution in [0.5, 0.6) is 5.75 Å². The van der Waals surface area contributed by atoms with E-state index in [2.05, 4.69) is 5.32 Å². The minimum absolute atomic E-state index is 0.0626. The van der Waals surface area contributed by atoms with Gasteiger partial charge in [0.1, 0.15) is 10.8 Å². The molecule has 0 unspecified atom stereocenters. The molecule has 114 valence electrons. The second kappa shape index (κ2) is 5.81. The summed E-state index contributed by atoms with van der Waals surface area (Å²) >= 11 is 3.29. The van der Waals surface area contributed by atoms with Gasteiger partial charge >= 0.3 is 0 Å². The van der Waals surface area contributed by atoms with Crippen molar-refractivity contribution in [2.24, 2.45) is 4.99 Å². The number of aliphatic hydroxyl groups is 2. The normalized spacial score (nSPS) is 32.7. The molecule has 0 aliphatic carbocycles. The Balaban J connectivity index is 1.74. The van der Waals surface area contributed by atoms with E-state index < -0.39 is 11.8 Å². The van der Waals surface area contributed by atoms with Crippen LogP contribution in [0.2, 0.25) is 0 Å². The van der Waals surface area contributed by atoms with E-state index in [1.807, 2.05) is 12.1 Å². The largest absolute Gasteiger partial charge is 0.507 e. The standard InChI is InChI=1S/C14H18N2O3S2/c1-14(13(18)19)7-21-12(16-14)9-6-20-11(15-9)8-4-2-3-5-10(8)17/h2-5,9,12-13,16-19H,6-7H2,1H3/t9-,12-,14-/m1/s1. The van der Waals surface area contributed by atoms with E-state index in [-0.39, 0.29) is 17.2 Å². The van der Waals surface area contributed by atoms with E-state index in [4.69, 9.17) is 4.99 Å². The molecule has 3 rings (SSSR count). The van der Waals surface area contributed by atoms with Crippen LogP contribution < -0.4 is 5.32 Å². The van der Waals surface area contributed by atoms with Crippen LogP contribution in [-0.2, 0) is 0 Å². The van der Waals surface area contributed by atoms with Gasteiger partial charge in [-0.2, -0.15) is 0 Å². The summed E-state index contributed by atoms with van der Waals surface area (Å²) in [4.78, 5) is 4.70. The molecule has 1 aromatic carbocycles. The third-order valence-corrected chi connectivity index (χ3v) is 6.43. The maximum Gasteiger partial charge on any atom is 0.170 e. The maximum absolute atomic E-state index is 9.90. The number of aromatic hydroxyl groups is 1. The third kappa shape index (κ3) is 2.93. The first-order valence-electron chi connectivity index (χ1n) is 6.74. The SMILES string of the molecule is C[C@]1(C(O)O)CS[C@H]([C@H]2CSC(c3ccccc3O)=N2)N1. The Morgan fingerprint density at radius 2 is 2.14 bits per heavy atom. The van der Waals surface area contributed by atoms with Gasteiger partial charge in [-0.25, -0.2) is 0 Å². The lowest BCUT2D eigenvalue weighted by molar-refractivity contribution is -0.0936. The molecule has 0 spiro atoms. The zero-order valence-electron chi connectivity index (χ0n) is 11.6. The Morgan fingerprint density at radius 3 is 2.81 bits per heavy atom. The molecule has 0 amide bonds. The Labute approximate surface area is 131 Å². The average Bonchev–Trinajstić information content (AvgIpc) is 3.07. The topological polar surface area (TPSA) is 85.1 Å². The van der Waals surface area contributed by atoms with Gasteiger partial charge in [0, 0.05) is 17.1 Å². The number of benzene rings is 1. The van der Waals surface area contributed by atoms with Crippen molar-refractivity contribution in [2.45, 2.75) is 30.2 Å². The van der Waals surface area contributed by atoms with Crippen LogP contribution in [0.1, 0.15) is 12.5 Å². The summed E-state index contributed by atoms with van der Waals surface area (Å²) in [6.07, 6.45) is -1.38. The average molecular weight is 326 g/mol. The number of phenolic OH excluding ortho intramolecular Hbond substituents is 1. The summed E-state index contributed by atoms with van der Waals surface area (Å²) in [5.74, 6) is 1.70. The predicted molar refractivity (Wildman–Crippen MR) is 86.9 cm³/mol. The molecule has 3 atom stereocenters. The highest BCUT2D eigenvalue weighted by Crippen LogP contribution is 2.36. The molecule has 1 saturated heterocycles. The summed E-state index contributed by atoms with van der Waals surface area (Å²) in [6, 6.07) is 7.26. The number of phenols is 1. The lowest BCUT2D eigenvalue weighted by Gasteiger charge is -2.27. The first-order chi connectivity index (χ1) is 9.99. The number of hydrogen-bond acceptors (Lipinski definition) is 7. The highest BCUT2D eigenvalue weighted by molar-refractivity contribution is 8.14. The van der Waals surface area contributed by atoms with Crippen LogP contribution in [-0.4, -0.2) is 55.1 Å².